The molecule has 0 aromatic carbocycles. The second kappa shape index (κ2) is 5.74. The summed E-state index contributed by atoms with van der Waals surface area (Å²) in [5, 5.41) is 9.70. The van der Waals surface area contributed by atoms with Gasteiger partial charge >= 0.3 is 5.97 Å². The second-order valence-electron chi connectivity index (χ2n) is 7.32. The number of rotatable bonds is 3. The quantitative estimate of drug-likeness (QED) is 0.867. The molecule has 4 nitrogen and oxygen atoms in total. The Kier molecular flexibility index (Phi) is 4.27. The first-order chi connectivity index (χ1) is 9.97. The fourth-order valence-electron chi connectivity index (χ4n) is 4.24. The minimum atomic E-state index is -0.613. The molecule has 0 aliphatic carbocycles. The van der Waals surface area contributed by atoms with Crippen LogP contribution in [0.1, 0.15) is 39.5 Å². The van der Waals surface area contributed by atoms with Gasteiger partial charge in [0.05, 0.1) is 11.0 Å². The summed E-state index contributed by atoms with van der Waals surface area (Å²) in [6.07, 6.45) is 4.10. The Morgan fingerprint density at radius 2 is 2.24 bits per heavy atom. The van der Waals surface area contributed by atoms with Gasteiger partial charge in [0.25, 0.3) is 0 Å². The highest BCUT2D eigenvalue weighted by atomic mass is 32.2. The van der Waals surface area contributed by atoms with Crippen molar-refractivity contribution in [3.63, 3.8) is 0 Å². The van der Waals surface area contributed by atoms with Gasteiger partial charge in [0.2, 0.25) is 0 Å². The SMILES string of the molecule is CC(C)C1(C(=O)O)CCN(C2CCOC3(CCSC3)C2)C1. The van der Waals surface area contributed by atoms with E-state index in [0.29, 0.717) is 12.6 Å². The molecule has 3 unspecified atom stereocenters. The zero-order chi connectivity index (χ0) is 15.1. The van der Waals surface area contributed by atoms with Gasteiger partial charge in [0, 0.05) is 24.9 Å². The van der Waals surface area contributed by atoms with E-state index in [9.17, 15) is 9.90 Å². The summed E-state index contributed by atoms with van der Waals surface area (Å²) in [4.78, 5) is 14.2. The van der Waals surface area contributed by atoms with Crippen LogP contribution in [-0.4, -0.2) is 58.8 Å². The van der Waals surface area contributed by atoms with Crippen LogP contribution < -0.4 is 0 Å². The lowest BCUT2D eigenvalue weighted by molar-refractivity contribution is -0.151. The maximum Gasteiger partial charge on any atom is 0.311 e. The zero-order valence-electron chi connectivity index (χ0n) is 13.1. The van der Waals surface area contributed by atoms with E-state index in [1.54, 1.807) is 0 Å². The fourth-order valence-corrected chi connectivity index (χ4v) is 5.62. The summed E-state index contributed by atoms with van der Waals surface area (Å²) in [5.74, 6) is 1.90. The predicted octanol–water partition coefficient (Wildman–Crippen LogP) is 2.47. The standard InChI is InChI=1S/C16H27NO3S/c1-12(2)16(14(18)19)4-6-17(10-16)13-3-7-20-15(9-13)5-8-21-11-15/h12-13H,3-11H2,1-2H3,(H,18,19). The van der Waals surface area contributed by atoms with E-state index < -0.39 is 11.4 Å². The van der Waals surface area contributed by atoms with Crippen molar-refractivity contribution in [1.82, 2.24) is 4.90 Å². The molecule has 3 rings (SSSR count). The maximum absolute atomic E-state index is 11.8. The third-order valence-electron chi connectivity index (χ3n) is 5.91. The first-order valence-corrected chi connectivity index (χ1v) is 9.32. The second-order valence-corrected chi connectivity index (χ2v) is 8.42. The van der Waals surface area contributed by atoms with Gasteiger partial charge in [0.15, 0.2) is 0 Å². The number of aliphatic carboxylic acids is 1. The van der Waals surface area contributed by atoms with Gasteiger partial charge in [-0.1, -0.05) is 13.8 Å². The van der Waals surface area contributed by atoms with Gasteiger partial charge in [-0.2, -0.15) is 11.8 Å². The van der Waals surface area contributed by atoms with Crippen molar-refractivity contribution in [1.29, 1.82) is 0 Å². The number of nitrogens with zero attached hydrogens (tertiary/aromatic N) is 1. The number of carboxylic acid groups (broad SMARTS) is 1. The van der Waals surface area contributed by atoms with Crippen LogP contribution in [0.25, 0.3) is 0 Å². The van der Waals surface area contributed by atoms with E-state index in [4.69, 9.17) is 4.74 Å². The van der Waals surface area contributed by atoms with E-state index in [1.807, 2.05) is 11.8 Å². The van der Waals surface area contributed by atoms with Crippen LogP contribution in [0.2, 0.25) is 0 Å². The molecular weight excluding hydrogens is 286 g/mol. The molecule has 0 amide bonds. The van der Waals surface area contributed by atoms with Crippen molar-refractivity contribution in [2.45, 2.75) is 51.2 Å². The minimum absolute atomic E-state index is 0.0832. The number of hydrogen-bond acceptors (Lipinski definition) is 4. The summed E-state index contributed by atoms with van der Waals surface area (Å²) in [7, 11) is 0. The van der Waals surface area contributed by atoms with Crippen LogP contribution in [0.3, 0.4) is 0 Å². The van der Waals surface area contributed by atoms with Gasteiger partial charge in [-0.3, -0.25) is 9.69 Å². The molecule has 3 atom stereocenters. The van der Waals surface area contributed by atoms with Gasteiger partial charge in [0.1, 0.15) is 0 Å². The Hall–Kier alpha value is -0.260. The molecule has 1 N–H and O–H groups in total. The topological polar surface area (TPSA) is 49.8 Å². The molecule has 21 heavy (non-hydrogen) atoms. The number of likely N-dealkylation sites (tertiary alicyclic amines) is 1. The van der Waals surface area contributed by atoms with Crippen molar-refractivity contribution in [3.05, 3.63) is 0 Å². The molecule has 1 spiro atoms. The highest BCUT2D eigenvalue weighted by Crippen LogP contribution is 2.44. The molecule has 120 valence electrons. The first-order valence-electron chi connectivity index (χ1n) is 8.17. The average Bonchev–Trinajstić information content (AvgIpc) is 3.07. The third-order valence-corrected chi connectivity index (χ3v) is 7.13. The van der Waals surface area contributed by atoms with Gasteiger partial charge in [-0.25, -0.2) is 0 Å². The fraction of sp³-hybridized carbons (Fsp3) is 0.938. The van der Waals surface area contributed by atoms with Crippen LogP contribution in [0.5, 0.6) is 0 Å². The minimum Gasteiger partial charge on any atom is -0.481 e. The Labute approximate surface area is 131 Å². The monoisotopic (exact) mass is 313 g/mol. The van der Waals surface area contributed by atoms with E-state index in [1.165, 1.54) is 5.75 Å². The van der Waals surface area contributed by atoms with Gasteiger partial charge < -0.3 is 9.84 Å². The molecule has 0 saturated carbocycles. The van der Waals surface area contributed by atoms with Crippen molar-refractivity contribution in [3.8, 4) is 0 Å². The Balaban J connectivity index is 1.69. The van der Waals surface area contributed by atoms with Crippen LogP contribution in [-0.2, 0) is 9.53 Å². The highest BCUT2D eigenvalue weighted by Gasteiger charge is 2.50. The number of thioether (sulfide) groups is 1. The third kappa shape index (κ3) is 2.73. The predicted molar refractivity (Wildman–Crippen MR) is 84.7 cm³/mol. The summed E-state index contributed by atoms with van der Waals surface area (Å²) >= 11 is 2.00. The van der Waals surface area contributed by atoms with Crippen LogP contribution >= 0.6 is 11.8 Å². The van der Waals surface area contributed by atoms with Crippen molar-refractivity contribution < 1.29 is 14.6 Å². The van der Waals surface area contributed by atoms with Crippen molar-refractivity contribution in [2.75, 3.05) is 31.2 Å². The maximum atomic E-state index is 11.8. The molecule has 3 aliphatic rings. The summed E-state index contributed by atoms with van der Waals surface area (Å²) in [6.45, 7) is 6.59. The molecule has 0 aromatic rings. The first kappa shape index (κ1) is 15.6. The number of carbonyl (C=O) groups is 1. The average molecular weight is 313 g/mol. The molecule has 0 radical (unpaired) electrons. The summed E-state index contributed by atoms with van der Waals surface area (Å²) in [5.41, 5.74) is -0.463. The Bertz CT molecular complexity index is 408. The molecule has 0 bridgehead atoms. The Morgan fingerprint density at radius 3 is 2.81 bits per heavy atom. The van der Waals surface area contributed by atoms with Gasteiger partial charge in [-0.05, 0) is 43.9 Å². The van der Waals surface area contributed by atoms with E-state index in [2.05, 4.69) is 18.7 Å². The highest BCUT2D eigenvalue weighted by molar-refractivity contribution is 7.99. The molecule has 3 aliphatic heterocycles. The number of ether oxygens (including phenoxy) is 1. The smallest absolute Gasteiger partial charge is 0.311 e. The molecule has 3 saturated heterocycles. The lowest BCUT2D eigenvalue weighted by atomic mass is 9.76. The molecule has 3 fully saturated rings. The van der Waals surface area contributed by atoms with E-state index in [0.717, 1.165) is 44.6 Å². The largest absolute Gasteiger partial charge is 0.481 e. The number of hydrogen-bond donors (Lipinski definition) is 1. The van der Waals surface area contributed by atoms with E-state index >= 15 is 0 Å². The summed E-state index contributed by atoms with van der Waals surface area (Å²) < 4.78 is 6.10. The van der Waals surface area contributed by atoms with Crippen LogP contribution in [0.4, 0.5) is 0 Å². The van der Waals surface area contributed by atoms with Crippen molar-refractivity contribution in [2.24, 2.45) is 11.3 Å². The zero-order valence-corrected chi connectivity index (χ0v) is 14.0. The van der Waals surface area contributed by atoms with Gasteiger partial charge in [-0.15, -0.1) is 0 Å². The van der Waals surface area contributed by atoms with Crippen molar-refractivity contribution >= 4 is 17.7 Å². The molecule has 3 heterocycles. The molecule has 5 heteroatoms. The van der Waals surface area contributed by atoms with E-state index in [-0.39, 0.29) is 11.5 Å². The number of carboxylic acids is 1. The lowest BCUT2D eigenvalue weighted by Gasteiger charge is -2.42. The molecule has 0 aromatic heterocycles. The Morgan fingerprint density at radius 1 is 1.43 bits per heavy atom. The normalized spacial score (nSPS) is 41.2. The summed E-state index contributed by atoms with van der Waals surface area (Å²) in [6, 6.07) is 0.512. The van der Waals surface area contributed by atoms with Crippen LogP contribution in [0, 0.1) is 11.3 Å². The molecular formula is C16H27NO3S. The van der Waals surface area contributed by atoms with Crippen LogP contribution in [0.15, 0.2) is 0 Å². The lowest BCUT2D eigenvalue weighted by Crippen LogP contribution is -2.49.